The summed E-state index contributed by atoms with van der Waals surface area (Å²) in [5.41, 5.74) is 4.26. The summed E-state index contributed by atoms with van der Waals surface area (Å²) in [5, 5.41) is 20.9. The highest BCUT2D eigenvalue weighted by atomic mass is 16.1. The zero-order valence-corrected chi connectivity index (χ0v) is 14.8. The van der Waals surface area contributed by atoms with Crippen LogP contribution in [0.4, 0.5) is 5.69 Å². The molecule has 0 aliphatic heterocycles. The summed E-state index contributed by atoms with van der Waals surface area (Å²) >= 11 is 0. The molecule has 0 atom stereocenters. The van der Waals surface area contributed by atoms with E-state index in [-0.39, 0.29) is 5.91 Å². The first-order valence-corrected chi connectivity index (χ1v) is 8.41. The summed E-state index contributed by atoms with van der Waals surface area (Å²) in [5.74, 6) is 0.957. The Morgan fingerprint density at radius 2 is 2.19 bits per heavy atom. The van der Waals surface area contributed by atoms with E-state index in [0.717, 1.165) is 22.5 Å². The number of carbonyl (C=O) groups is 1. The predicted octanol–water partition coefficient (Wildman–Crippen LogP) is 1.49. The van der Waals surface area contributed by atoms with Gasteiger partial charge in [0.15, 0.2) is 0 Å². The Labute approximate surface area is 154 Å². The van der Waals surface area contributed by atoms with Crippen LogP contribution in [-0.2, 0) is 11.2 Å². The van der Waals surface area contributed by atoms with Crippen molar-refractivity contribution in [3.05, 3.63) is 47.5 Å². The van der Waals surface area contributed by atoms with Crippen molar-refractivity contribution in [1.29, 1.82) is 0 Å². The minimum absolute atomic E-state index is 0.0854. The van der Waals surface area contributed by atoms with E-state index in [1.165, 1.54) is 6.33 Å². The number of hydrogen-bond donors (Lipinski definition) is 2. The number of nitrogens with zero attached hydrogens (tertiary/aromatic N) is 7. The molecular formula is C17H17N9O. The highest BCUT2D eigenvalue weighted by molar-refractivity contribution is 5.91. The van der Waals surface area contributed by atoms with Crippen molar-refractivity contribution in [2.75, 3.05) is 5.32 Å². The molecule has 3 heterocycles. The Morgan fingerprint density at radius 3 is 3.00 bits per heavy atom. The van der Waals surface area contributed by atoms with Crippen LogP contribution in [0.2, 0.25) is 0 Å². The second-order valence-electron chi connectivity index (χ2n) is 6.10. The van der Waals surface area contributed by atoms with E-state index in [0.29, 0.717) is 30.1 Å². The molecular weight excluding hydrogens is 346 g/mol. The fourth-order valence-electron chi connectivity index (χ4n) is 3.00. The summed E-state index contributed by atoms with van der Waals surface area (Å²) in [6.07, 6.45) is 2.37. The number of amides is 1. The van der Waals surface area contributed by atoms with Gasteiger partial charge < -0.3 is 5.32 Å². The molecule has 3 aromatic heterocycles. The Bertz CT molecular complexity index is 1100. The molecule has 10 nitrogen and oxygen atoms in total. The predicted molar refractivity (Wildman–Crippen MR) is 96.8 cm³/mol. The van der Waals surface area contributed by atoms with E-state index in [4.69, 9.17) is 0 Å². The van der Waals surface area contributed by atoms with Gasteiger partial charge in [0.1, 0.15) is 6.33 Å². The molecule has 0 aliphatic rings. The maximum atomic E-state index is 12.4. The van der Waals surface area contributed by atoms with Crippen molar-refractivity contribution in [3.63, 3.8) is 0 Å². The summed E-state index contributed by atoms with van der Waals surface area (Å²) in [4.78, 5) is 20.9. The van der Waals surface area contributed by atoms with Crippen LogP contribution in [0.15, 0.2) is 30.6 Å². The van der Waals surface area contributed by atoms with Crippen LogP contribution in [-0.4, -0.2) is 46.1 Å². The van der Waals surface area contributed by atoms with Crippen LogP contribution >= 0.6 is 0 Å². The van der Waals surface area contributed by atoms with E-state index in [1.807, 2.05) is 38.1 Å². The molecule has 10 heteroatoms. The number of nitrogens with one attached hydrogen (secondary N) is 2. The van der Waals surface area contributed by atoms with E-state index < -0.39 is 0 Å². The third-order valence-electron chi connectivity index (χ3n) is 4.34. The molecule has 0 aliphatic carbocycles. The Morgan fingerprint density at radius 1 is 1.30 bits per heavy atom. The summed E-state index contributed by atoms with van der Waals surface area (Å²) in [7, 11) is 0. The molecule has 4 rings (SSSR count). The van der Waals surface area contributed by atoms with Crippen LogP contribution in [0.25, 0.3) is 17.2 Å². The summed E-state index contributed by atoms with van der Waals surface area (Å²) < 4.78 is 1.69. The van der Waals surface area contributed by atoms with E-state index in [2.05, 4.69) is 41.0 Å². The first-order chi connectivity index (χ1) is 13.1. The maximum absolute atomic E-state index is 12.4. The lowest BCUT2D eigenvalue weighted by molar-refractivity contribution is -0.116. The van der Waals surface area contributed by atoms with Crippen molar-refractivity contribution < 1.29 is 4.79 Å². The topological polar surface area (TPSA) is 127 Å². The lowest BCUT2D eigenvalue weighted by Gasteiger charge is -2.11. The smallest absolute Gasteiger partial charge is 0.252 e. The number of aromatic amines is 1. The fourth-order valence-corrected chi connectivity index (χ4v) is 3.00. The van der Waals surface area contributed by atoms with Crippen LogP contribution in [0.1, 0.15) is 23.4 Å². The molecule has 4 aromatic rings. The van der Waals surface area contributed by atoms with Gasteiger partial charge in [0, 0.05) is 29.1 Å². The molecule has 27 heavy (non-hydrogen) atoms. The van der Waals surface area contributed by atoms with Crippen molar-refractivity contribution in [1.82, 2.24) is 40.2 Å². The van der Waals surface area contributed by atoms with Gasteiger partial charge >= 0.3 is 0 Å². The number of aryl methyl sites for hydroxylation is 2. The number of aromatic nitrogens is 8. The maximum Gasteiger partial charge on any atom is 0.252 e. The minimum Gasteiger partial charge on any atom is -0.326 e. The van der Waals surface area contributed by atoms with Gasteiger partial charge in [-0.2, -0.15) is 15.3 Å². The van der Waals surface area contributed by atoms with Crippen molar-refractivity contribution >= 4 is 17.4 Å². The van der Waals surface area contributed by atoms with Crippen LogP contribution < -0.4 is 5.32 Å². The zero-order chi connectivity index (χ0) is 18.8. The Balaban J connectivity index is 1.46. The average molecular weight is 363 g/mol. The standard InChI is InChI=1S/C17H17N9O/c1-10-14(11(2)26-17(20-10)18-9-19-26)6-7-15(27)21-13-5-3-4-12(8-13)16-22-24-25-23-16/h3-5,8-9H,6-7H2,1-2H3,(H,21,27)(H,22,23,24,25). The molecule has 1 amide bonds. The van der Waals surface area contributed by atoms with Gasteiger partial charge in [-0.15, -0.1) is 10.2 Å². The van der Waals surface area contributed by atoms with Gasteiger partial charge in [0.05, 0.1) is 0 Å². The third kappa shape index (κ3) is 3.36. The average Bonchev–Trinajstić information content (AvgIpc) is 3.33. The second kappa shape index (κ2) is 6.90. The molecule has 0 spiro atoms. The van der Waals surface area contributed by atoms with Gasteiger partial charge in [-0.05, 0) is 43.2 Å². The third-order valence-corrected chi connectivity index (χ3v) is 4.34. The molecule has 1 aromatic carbocycles. The van der Waals surface area contributed by atoms with Crippen molar-refractivity contribution in [3.8, 4) is 11.4 Å². The van der Waals surface area contributed by atoms with Crippen LogP contribution in [0.3, 0.4) is 0 Å². The Kier molecular flexibility index (Phi) is 4.29. The first-order valence-electron chi connectivity index (χ1n) is 8.41. The highest BCUT2D eigenvalue weighted by Gasteiger charge is 2.13. The van der Waals surface area contributed by atoms with Crippen molar-refractivity contribution in [2.45, 2.75) is 26.7 Å². The second-order valence-corrected chi connectivity index (χ2v) is 6.10. The number of anilines is 1. The zero-order valence-electron chi connectivity index (χ0n) is 14.8. The number of H-pyrrole nitrogens is 1. The normalized spacial score (nSPS) is 11.0. The quantitative estimate of drug-likeness (QED) is 0.550. The number of tetrazole rings is 1. The molecule has 0 saturated carbocycles. The van der Waals surface area contributed by atoms with E-state index in [1.54, 1.807) is 4.52 Å². The molecule has 0 bridgehead atoms. The number of carbonyl (C=O) groups excluding carboxylic acids is 1. The summed E-state index contributed by atoms with van der Waals surface area (Å²) in [6, 6.07) is 7.31. The molecule has 2 N–H and O–H groups in total. The minimum atomic E-state index is -0.0854. The van der Waals surface area contributed by atoms with Gasteiger partial charge in [0.2, 0.25) is 11.7 Å². The Hall–Kier alpha value is -3.69. The lowest BCUT2D eigenvalue weighted by Crippen LogP contribution is -2.14. The number of hydrogen-bond acceptors (Lipinski definition) is 7. The monoisotopic (exact) mass is 363 g/mol. The number of benzene rings is 1. The molecule has 0 fully saturated rings. The lowest BCUT2D eigenvalue weighted by atomic mass is 10.1. The molecule has 0 saturated heterocycles. The van der Waals surface area contributed by atoms with Crippen LogP contribution in [0.5, 0.6) is 0 Å². The van der Waals surface area contributed by atoms with Crippen LogP contribution in [0, 0.1) is 13.8 Å². The van der Waals surface area contributed by atoms with E-state index in [9.17, 15) is 4.79 Å². The summed E-state index contributed by atoms with van der Waals surface area (Å²) in [6.45, 7) is 3.88. The molecule has 0 unspecified atom stereocenters. The van der Waals surface area contributed by atoms with Gasteiger partial charge in [-0.25, -0.2) is 9.50 Å². The highest BCUT2D eigenvalue weighted by Crippen LogP contribution is 2.19. The van der Waals surface area contributed by atoms with Gasteiger partial charge in [0.25, 0.3) is 5.78 Å². The van der Waals surface area contributed by atoms with Gasteiger partial charge in [-0.1, -0.05) is 12.1 Å². The largest absolute Gasteiger partial charge is 0.326 e. The van der Waals surface area contributed by atoms with Crippen molar-refractivity contribution in [2.24, 2.45) is 0 Å². The number of rotatable bonds is 5. The van der Waals surface area contributed by atoms with E-state index >= 15 is 0 Å². The first kappa shape index (κ1) is 16.8. The fraction of sp³-hybridized carbons (Fsp3) is 0.235. The number of fused-ring (bicyclic) bond motifs is 1. The van der Waals surface area contributed by atoms with Gasteiger partial charge in [-0.3, -0.25) is 4.79 Å². The molecule has 0 radical (unpaired) electrons. The SMILES string of the molecule is Cc1nc2ncnn2c(C)c1CCC(=O)Nc1cccc(-c2nn[nH]n2)c1. The molecule has 136 valence electrons.